The summed E-state index contributed by atoms with van der Waals surface area (Å²) in [6.07, 6.45) is 1.83. The van der Waals surface area contributed by atoms with Crippen molar-refractivity contribution in [2.24, 2.45) is 21.6 Å². The molecule has 1 unspecified atom stereocenters. The van der Waals surface area contributed by atoms with E-state index in [-0.39, 0.29) is 0 Å². The third kappa shape index (κ3) is 4.58. The maximum absolute atomic E-state index is 6.75. The molecule has 5 N–H and O–H groups in total. The van der Waals surface area contributed by atoms with E-state index in [2.05, 4.69) is 82.2 Å². The summed E-state index contributed by atoms with van der Waals surface area (Å²) in [6.45, 7) is 12.1. The summed E-state index contributed by atoms with van der Waals surface area (Å²) < 4.78 is 0. The number of piperazine rings is 1. The lowest BCUT2D eigenvalue weighted by molar-refractivity contribution is 0.184. The molecule has 0 amide bonds. The number of rotatable bonds is 6. The van der Waals surface area contributed by atoms with Crippen LogP contribution in [0.25, 0.3) is 0 Å². The normalized spacial score (nSPS) is 24.1. The van der Waals surface area contributed by atoms with Gasteiger partial charge in [-0.15, -0.1) is 0 Å². The summed E-state index contributed by atoms with van der Waals surface area (Å²) in [5, 5.41) is 8.81. The molecule has 2 aromatic rings. The van der Waals surface area contributed by atoms with Crippen LogP contribution < -0.4 is 26.7 Å². The van der Waals surface area contributed by atoms with Crippen molar-refractivity contribution in [2.75, 3.05) is 63.1 Å². The Kier molecular flexibility index (Phi) is 6.14. The zero-order valence-corrected chi connectivity index (χ0v) is 22.0. The van der Waals surface area contributed by atoms with Gasteiger partial charge in [0.25, 0.3) is 0 Å². The third-order valence-corrected chi connectivity index (χ3v) is 7.92. The van der Waals surface area contributed by atoms with E-state index in [0.29, 0.717) is 0 Å². The van der Waals surface area contributed by atoms with Crippen LogP contribution >= 0.6 is 0 Å². The Balaban J connectivity index is 1.16. The average molecular weight is 500 g/mol. The Morgan fingerprint density at radius 1 is 1.03 bits per heavy atom. The number of hydrazine groups is 1. The van der Waals surface area contributed by atoms with Crippen molar-refractivity contribution < 1.29 is 0 Å². The number of anilines is 2. The molecular formula is C28H37N9. The summed E-state index contributed by atoms with van der Waals surface area (Å²) in [7, 11) is 1.95. The molecule has 4 aliphatic heterocycles. The van der Waals surface area contributed by atoms with E-state index >= 15 is 0 Å². The van der Waals surface area contributed by atoms with Gasteiger partial charge in [-0.25, -0.2) is 9.98 Å². The van der Waals surface area contributed by atoms with E-state index in [1.54, 1.807) is 0 Å². The summed E-state index contributed by atoms with van der Waals surface area (Å²) in [4.78, 5) is 14.7. The Labute approximate surface area is 219 Å². The van der Waals surface area contributed by atoms with Crippen LogP contribution in [0.3, 0.4) is 0 Å². The Hall–Kier alpha value is -3.40. The highest BCUT2D eigenvalue weighted by Gasteiger charge is 2.36. The summed E-state index contributed by atoms with van der Waals surface area (Å²) >= 11 is 0. The topological polar surface area (TPSA) is 96.5 Å². The highest BCUT2D eigenvalue weighted by atomic mass is 15.6. The number of nitrogens with zero attached hydrogens (tertiary/aromatic N) is 5. The van der Waals surface area contributed by atoms with Gasteiger partial charge >= 0.3 is 0 Å². The van der Waals surface area contributed by atoms with E-state index in [1.165, 1.54) is 36.4 Å². The molecule has 9 nitrogen and oxygen atoms in total. The molecular weight excluding hydrogens is 462 g/mol. The second kappa shape index (κ2) is 9.48. The average Bonchev–Trinajstić information content (AvgIpc) is 3.18. The number of aryl methyl sites for hydroxylation is 2. The molecule has 0 aromatic heterocycles. The first-order valence-electron chi connectivity index (χ1n) is 13.2. The fourth-order valence-electron chi connectivity index (χ4n) is 5.50. The van der Waals surface area contributed by atoms with Crippen molar-refractivity contribution in [1.29, 1.82) is 0 Å². The van der Waals surface area contributed by atoms with Crippen LogP contribution in [0.1, 0.15) is 16.7 Å². The van der Waals surface area contributed by atoms with E-state index < -0.39 is 5.79 Å². The molecule has 0 aliphatic carbocycles. The number of benzene rings is 2. The van der Waals surface area contributed by atoms with Crippen molar-refractivity contribution >= 4 is 23.4 Å². The number of hydrogen-bond donors (Lipinski definition) is 4. The number of fused-ring (bicyclic) bond motifs is 1. The minimum absolute atomic E-state index is 0.771. The van der Waals surface area contributed by atoms with Gasteiger partial charge in [-0.3, -0.25) is 21.1 Å². The van der Waals surface area contributed by atoms with Crippen molar-refractivity contribution in [3.8, 4) is 0 Å². The van der Waals surface area contributed by atoms with Crippen LogP contribution in [-0.4, -0.2) is 74.8 Å². The van der Waals surface area contributed by atoms with Crippen LogP contribution in [0.15, 0.2) is 63.8 Å². The molecule has 37 heavy (non-hydrogen) atoms. The first-order valence-corrected chi connectivity index (χ1v) is 13.2. The highest BCUT2D eigenvalue weighted by Crippen LogP contribution is 2.31. The number of likely N-dealkylation sites (N-methyl/N-ethyl adjacent to an activating group) is 1. The zero-order valence-electron chi connectivity index (χ0n) is 22.0. The number of hydrogen-bond acceptors (Lipinski definition) is 9. The molecule has 0 spiro atoms. The van der Waals surface area contributed by atoms with Crippen molar-refractivity contribution in [2.45, 2.75) is 19.6 Å². The maximum Gasteiger partial charge on any atom is 0.231 e. The quantitative estimate of drug-likeness (QED) is 0.483. The summed E-state index contributed by atoms with van der Waals surface area (Å²) in [5.74, 6) is 1.30. The lowest BCUT2D eigenvalue weighted by Crippen LogP contribution is -2.53. The Bertz CT molecular complexity index is 1230. The molecule has 1 atom stereocenters. The van der Waals surface area contributed by atoms with E-state index in [4.69, 9.17) is 15.7 Å². The van der Waals surface area contributed by atoms with Crippen LogP contribution in [0.4, 0.5) is 11.4 Å². The van der Waals surface area contributed by atoms with Crippen LogP contribution in [0, 0.1) is 19.8 Å². The molecule has 4 aliphatic rings. The van der Waals surface area contributed by atoms with E-state index in [0.717, 1.165) is 60.6 Å². The fraction of sp³-hybridized carbons (Fsp3) is 0.429. The largest absolute Gasteiger partial charge is 0.369 e. The Morgan fingerprint density at radius 3 is 2.38 bits per heavy atom. The van der Waals surface area contributed by atoms with Crippen LogP contribution in [0.5, 0.6) is 0 Å². The second-order valence-electron chi connectivity index (χ2n) is 10.6. The van der Waals surface area contributed by atoms with Crippen molar-refractivity contribution in [1.82, 2.24) is 20.7 Å². The highest BCUT2D eigenvalue weighted by molar-refractivity contribution is 6.18. The van der Waals surface area contributed by atoms with Gasteiger partial charge in [0, 0.05) is 76.0 Å². The standard InChI is InChI=1S/C28H37N9/c1-19-5-4-6-20(2)25(19)32-26-24-17-31-28(29,33-27(24)35(3)34-26)22-7-9-23(10-8-22)37-13-11-36(12-14-37)18-21-15-30-16-21/h4-10,17,21,30,32,34H,11-16,18,29H2,1-3H3. The van der Waals surface area contributed by atoms with Gasteiger partial charge in [-0.05, 0) is 43.0 Å². The first kappa shape index (κ1) is 24.0. The van der Waals surface area contributed by atoms with Gasteiger partial charge in [-0.2, -0.15) is 0 Å². The van der Waals surface area contributed by atoms with E-state index in [1.807, 2.05) is 18.3 Å². The van der Waals surface area contributed by atoms with E-state index in [9.17, 15) is 0 Å². The molecule has 2 saturated heterocycles. The summed E-state index contributed by atoms with van der Waals surface area (Å²) in [5.41, 5.74) is 16.6. The van der Waals surface area contributed by atoms with Crippen molar-refractivity contribution in [3.63, 3.8) is 0 Å². The number of nitrogens with two attached hydrogens (primary N) is 1. The predicted molar refractivity (Wildman–Crippen MR) is 151 cm³/mol. The van der Waals surface area contributed by atoms with Gasteiger partial charge < -0.3 is 15.5 Å². The van der Waals surface area contributed by atoms with Crippen molar-refractivity contribution in [3.05, 3.63) is 70.5 Å². The van der Waals surface area contributed by atoms with Gasteiger partial charge in [0.1, 0.15) is 5.82 Å². The second-order valence-corrected chi connectivity index (χ2v) is 10.6. The molecule has 6 rings (SSSR count). The fourth-order valence-corrected chi connectivity index (χ4v) is 5.50. The molecule has 0 saturated carbocycles. The Morgan fingerprint density at radius 2 is 1.73 bits per heavy atom. The smallest absolute Gasteiger partial charge is 0.231 e. The molecule has 9 heteroatoms. The number of aliphatic imine (C=N–C) groups is 2. The van der Waals surface area contributed by atoms with Gasteiger partial charge in [0.05, 0.1) is 5.57 Å². The van der Waals surface area contributed by atoms with Crippen LogP contribution in [-0.2, 0) is 5.79 Å². The van der Waals surface area contributed by atoms with Gasteiger partial charge in [-0.1, -0.05) is 30.3 Å². The number of amidine groups is 1. The molecule has 2 aromatic carbocycles. The zero-order chi connectivity index (χ0) is 25.6. The minimum Gasteiger partial charge on any atom is -0.369 e. The molecule has 4 heterocycles. The number of para-hydroxylation sites is 1. The van der Waals surface area contributed by atoms with Crippen LogP contribution in [0.2, 0.25) is 0 Å². The maximum atomic E-state index is 6.75. The SMILES string of the molecule is Cc1cccc(C)c1NC1=C2C=NC(N)(c3ccc(N4CCN(CC5CNC5)CC4)cc3)N=C2N(C)N1. The van der Waals surface area contributed by atoms with Gasteiger partial charge in [0.2, 0.25) is 5.79 Å². The number of nitrogens with one attached hydrogen (secondary N) is 3. The minimum atomic E-state index is -1.16. The lowest BCUT2D eigenvalue weighted by atomic mass is 10.0. The predicted octanol–water partition coefficient (Wildman–Crippen LogP) is 1.97. The summed E-state index contributed by atoms with van der Waals surface area (Å²) in [6, 6.07) is 14.7. The first-order chi connectivity index (χ1) is 17.9. The monoisotopic (exact) mass is 499 g/mol. The van der Waals surface area contributed by atoms with Gasteiger partial charge in [0.15, 0.2) is 5.84 Å². The molecule has 0 radical (unpaired) electrons. The third-order valence-electron chi connectivity index (χ3n) is 7.92. The molecule has 2 fully saturated rings. The molecule has 0 bridgehead atoms. The molecule has 194 valence electrons. The lowest BCUT2D eigenvalue weighted by Gasteiger charge is -2.39.